The molecule has 8 atom stereocenters. The van der Waals surface area contributed by atoms with Crippen molar-refractivity contribution in [3.8, 4) is 0 Å². The summed E-state index contributed by atoms with van der Waals surface area (Å²) in [6.45, 7) is 8.94. The van der Waals surface area contributed by atoms with Crippen molar-refractivity contribution in [2.45, 2.75) is 84.3 Å². The van der Waals surface area contributed by atoms with Crippen LogP contribution in [0.1, 0.15) is 72.6 Å². The molecule has 0 aromatic carbocycles. The summed E-state index contributed by atoms with van der Waals surface area (Å²) in [4.78, 5) is 39.0. The summed E-state index contributed by atoms with van der Waals surface area (Å²) < 4.78 is 12.0. The van der Waals surface area contributed by atoms with Crippen LogP contribution in [0.15, 0.2) is 23.8 Å². The number of ether oxygens (including phenoxy) is 2. The van der Waals surface area contributed by atoms with Crippen molar-refractivity contribution < 1.29 is 29.0 Å². The van der Waals surface area contributed by atoms with E-state index in [0.29, 0.717) is 19.4 Å². The fraction of sp³-hybridized carbons (Fsp3) is 0.767. The minimum Gasteiger partial charge on any atom is -0.450 e. The van der Waals surface area contributed by atoms with Crippen LogP contribution in [0.3, 0.4) is 0 Å². The van der Waals surface area contributed by atoms with E-state index < -0.39 is 22.5 Å². The van der Waals surface area contributed by atoms with E-state index in [0.717, 1.165) is 37.7 Å². The molecule has 0 bridgehead atoms. The molecule has 0 aromatic rings. The second-order valence-electron chi connectivity index (χ2n) is 12.2. The van der Waals surface area contributed by atoms with Gasteiger partial charge >= 0.3 is 5.97 Å². The van der Waals surface area contributed by atoms with E-state index in [9.17, 15) is 19.5 Å². The van der Waals surface area contributed by atoms with Crippen LogP contribution < -0.4 is 0 Å². The van der Waals surface area contributed by atoms with Crippen LogP contribution in [0.2, 0.25) is 0 Å². The van der Waals surface area contributed by atoms with Gasteiger partial charge in [-0.1, -0.05) is 52.2 Å². The highest BCUT2D eigenvalue weighted by Crippen LogP contribution is 2.68. The summed E-state index contributed by atoms with van der Waals surface area (Å²) >= 11 is 1.38. The van der Waals surface area contributed by atoms with E-state index in [2.05, 4.69) is 27.7 Å². The van der Waals surface area contributed by atoms with Crippen LogP contribution in [-0.4, -0.2) is 59.6 Å². The van der Waals surface area contributed by atoms with E-state index in [1.807, 2.05) is 12.3 Å². The lowest BCUT2D eigenvalue weighted by Crippen LogP contribution is -2.63. The van der Waals surface area contributed by atoms with Crippen LogP contribution in [0.5, 0.6) is 0 Å². The van der Waals surface area contributed by atoms with E-state index in [1.165, 1.54) is 11.8 Å². The molecule has 6 nitrogen and oxygen atoms in total. The SMILES string of the molecule is CCCCCOCC(=O)[C@@]1(OC(=O)CSC)CC[C@H]2[C@@H]3C[C@H](C)C4=CC(=O)C=C[C@]4(C)[C@H]3[C@@H](O)C[C@@]21C. The van der Waals surface area contributed by atoms with Crippen molar-refractivity contribution in [2.75, 3.05) is 25.2 Å². The molecule has 206 valence electrons. The number of aliphatic hydroxyl groups is 1. The molecule has 1 N–H and O–H groups in total. The van der Waals surface area contributed by atoms with Crippen LogP contribution in [0, 0.1) is 34.5 Å². The Morgan fingerprint density at radius 2 is 2.00 bits per heavy atom. The molecule has 0 amide bonds. The van der Waals surface area contributed by atoms with Crippen molar-refractivity contribution in [1.29, 1.82) is 0 Å². The Morgan fingerprint density at radius 3 is 2.70 bits per heavy atom. The van der Waals surface area contributed by atoms with Gasteiger partial charge in [0.25, 0.3) is 0 Å². The van der Waals surface area contributed by atoms with Gasteiger partial charge in [0.05, 0.1) is 11.9 Å². The molecular formula is C30H44O6S. The number of esters is 1. The fourth-order valence-electron chi connectivity index (χ4n) is 8.50. The zero-order valence-corrected chi connectivity index (χ0v) is 23.9. The molecule has 3 saturated carbocycles. The number of rotatable bonds is 10. The van der Waals surface area contributed by atoms with Crippen LogP contribution >= 0.6 is 11.8 Å². The van der Waals surface area contributed by atoms with Gasteiger partial charge in [-0.05, 0) is 68.3 Å². The van der Waals surface area contributed by atoms with Gasteiger partial charge in [-0.2, -0.15) is 11.8 Å². The molecule has 37 heavy (non-hydrogen) atoms. The average molecular weight is 533 g/mol. The molecule has 0 unspecified atom stereocenters. The Kier molecular flexibility index (Phi) is 8.47. The molecule has 3 fully saturated rings. The summed E-state index contributed by atoms with van der Waals surface area (Å²) in [6.07, 6.45) is 12.0. The highest BCUT2D eigenvalue weighted by atomic mass is 32.2. The number of thioether (sulfide) groups is 1. The van der Waals surface area contributed by atoms with Gasteiger partial charge in [0.2, 0.25) is 5.78 Å². The first-order valence-electron chi connectivity index (χ1n) is 14.0. The maximum Gasteiger partial charge on any atom is 0.316 e. The molecule has 7 heteroatoms. The zero-order valence-electron chi connectivity index (χ0n) is 23.1. The fourth-order valence-corrected chi connectivity index (χ4v) is 8.79. The first kappa shape index (κ1) is 28.6. The minimum atomic E-state index is -1.29. The molecule has 0 spiro atoms. The topological polar surface area (TPSA) is 89.9 Å². The molecule has 0 saturated heterocycles. The van der Waals surface area contributed by atoms with Gasteiger partial charge in [-0.15, -0.1) is 0 Å². The van der Waals surface area contributed by atoms with Gasteiger partial charge in [0.1, 0.15) is 6.61 Å². The van der Waals surface area contributed by atoms with Crippen molar-refractivity contribution in [2.24, 2.45) is 34.5 Å². The molecule has 0 radical (unpaired) electrons. The Bertz CT molecular complexity index is 973. The summed E-state index contributed by atoms with van der Waals surface area (Å²) in [5.41, 5.74) is -1.27. The zero-order chi connectivity index (χ0) is 27.0. The lowest BCUT2D eigenvalue weighted by molar-refractivity contribution is -0.200. The number of Topliss-reactive ketones (excluding diaryl/α,β-unsaturated/α-hetero) is 1. The van der Waals surface area contributed by atoms with Gasteiger partial charge in [0, 0.05) is 23.4 Å². The quantitative estimate of drug-likeness (QED) is 0.315. The molecular weight excluding hydrogens is 488 g/mol. The Balaban J connectivity index is 1.67. The highest BCUT2D eigenvalue weighted by Gasteiger charge is 2.70. The first-order chi connectivity index (χ1) is 17.5. The lowest BCUT2D eigenvalue weighted by atomic mass is 9.44. The normalized spacial score (nSPS) is 40.4. The Labute approximate surface area is 226 Å². The first-order valence-corrected chi connectivity index (χ1v) is 15.4. The van der Waals surface area contributed by atoms with Gasteiger partial charge < -0.3 is 14.6 Å². The highest BCUT2D eigenvalue weighted by molar-refractivity contribution is 7.99. The van der Waals surface area contributed by atoms with E-state index in [-0.39, 0.29) is 53.6 Å². The van der Waals surface area contributed by atoms with E-state index in [1.54, 1.807) is 12.2 Å². The summed E-state index contributed by atoms with van der Waals surface area (Å²) in [6, 6.07) is 0. The number of hydrogen-bond donors (Lipinski definition) is 1. The largest absolute Gasteiger partial charge is 0.450 e. The van der Waals surface area contributed by atoms with E-state index in [4.69, 9.17) is 9.47 Å². The summed E-state index contributed by atoms with van der Waals surface area (Å²) in [7, 11) is 0. The molecule has 0 aliphatic heterocycles. The van der Waals surface area contributed by atoms with Crippen molar-refractivity contribution in [3.05, 3.63) is 23.8 Å². The van der Waals surface area contributed by atoms with Crippen molar-refractivity contribution >= 4 is 29.3 Å². The number of hydrogen-bond acceptors (Lipinski definition) is 7. The Hall–Kier alpha value is -1.44. The smallest absolute Gasteiger partial charge is 0.316 e. The third kappa shape index (κ3) is 4.78. The number of aliphatic hydroxyl groups excluding tert-OH is 1. The minimum absolute atomic E-state index is 0.0121. The third-order valence-electron chi connectivity index (χ3n) is 10.1. The average Bonchev–Trinajstić information content (AvgIpc) is 3.12. The van der Waals surface area contributed by atoms with Gasteiger partial charge in [0.15, 0.2) is 11.4 Å². The number of ketones is 2. The second-order valence-corrected chi connectivity index (χ2v) is 13.1. The molecule has 4 rings (SSSR count). The van der Waals surface area contributed by atoms with Crippen molar-refractivity contribution in [3.63, 3.8) is 0 Å². The standard InChI is InChI=1S/C30H44O6S/c1-6-7-8-13-35-17-25(33)30(36-26(34)18-37-5)12-10-22-21-14-19(2)23-15-20(31)9-11-28(23,3)27(21)24(32)16-29(22,30)4/h9,11,15,19,21-22,24,27,32H,6-8,10,12-14,16-18H2,1-5H3/t19-,21-,22-,24-,27+,28-,29-,30-/m0/s1. The van der Waals surface area contributed by atoms with Crippen LogP contribution in [0.25, 0.3) is 0 Å². The maximum atomic E-state index is 13.9. The van der Waals surface area contributed by atoms with Crippen molar-refractivity contribution in [1.82, 2.24) is 0 Å². The number of fused-ring (bicyclic) bond motifs is 5. The predicted molar refractivity (Wildman–Crippen MR) is 145 cm³/mol. The second kappa shape index (κ2) is 11.0. The number of unbranched alkanes of at least 4 members (excludes halogenated alkanes) is 2. The van der Waals surface area contributed by atoms with Gasteiger partial charge in [-0.3, -0.25) is 14.4 Å². The number of carbonyl (C=O) groups is 3. The Morgan fingerprint density at radius 1 is 1.24 bits per heavy atom. The molecule has 0 heterocycles. The molecule has 4 aliphatic carbocycles. The number of carbonyl (C=O) groups excluding carboxylic acids is 3. The van der Waals surface area contributed by atoms with Crippen LogP contribution in [-0.2, 0) is 23.9 Å². The number of allylic oxidation sites excluding steroid dienone is 4. The van der Waals surface area contributed by atoms with Gasteiger partial charge in [-0.25, -0.2) is 0 Å². The van der Waals surface area contributed by atoms with E-state index >= 15 is 0 Å². The lowest BCUT2D eigenvalue weighted by Gasteiger charge is -2.61. The summed E-state index contributed by atoms with van der Waals surface area (Å²) in [5.74, 6) is 0.0714. The van der Waals surface area contributed by atoms with Crippen LogP contribution in [0.4, 0.5) is 0 Å². The molecule has 0 aromatic heterocycles. The monoisotopic (exact) mass is 532 g/mol. The maximum absolute atomic E-state index is 13.9. The predicted octanol–water partition coefficient (Wildman–Crippen LogP) is 4.93. The molecule has 4 aliphatic rings. The summed E-state index contributed by atoms with van der Waals surface area (Å²) in [5, 5.41) is 11.8. The third-order valence-corrected chi connectivity index (χ3v) is 10.6.